The number of benzene rings is 8. The average Bonchev–Trinajstić information content (AvgIpc) is 3.57. The van der Waals surface area contributed by atoms with Gasteiger partial charge in [0.1, 0.15) is 11.2 Å². The first kappa shape index (κ1) is 27.5. The smallest absolute Gasteiger partial charge is 0.164 e. The molecule has 0 saturated carbocycles. The lowest BCUT2D eigenvalue weighted by Crippen LogP contribution is -2.01. The minimum absolute atomic E-state index is 0.619. The van der Waals surface area contributed by atoms with Crippen LogP contribution in [0.2, 0.25) is 0 Å². The van der Waals surface area contributed by atoms with Crippen molar-refractivity contribution in [3.05, 3.63) is 164 Å². The molecule has 10 rings (SSSR count). The van der Waals surface area contributed by atoms with Crippen LogP contribution in [-0.4, -0.2) is 15.0 Å². The summed E-state index contributed by atoms with van der Waals surface area (Å²) in [6.07, 6.45) is 0. The van der Waals surface area contributed by atoms with Crippen molar-refractivity contribution in [3.63, 3.8) is 0 Å². The summed E-state index contributed by atoms with van der Waals surface area (Å²) in [6, 6.07) is 56.8. The Morgan fingerprint density at radius 3 is 1.86 bits per heavy atom. The summed E-state index contributed by atoms with van der Waals surface area (Å²) >= 11 is 0. The highest BCUT2D eigenvalue weighted by Gasteiger charge is 2.20. The molecule has 0 spiro atoms. The van der Waals surface area contributed by atoms with Crippen molar-refractivity contribution < 1.29 is 4.42 Å². The number of rotatable bonds is 4. The van der Waals surface area contributed by atoms with Gasteiger partial charge in [-0.2, -0.15) is 0 Å². The van der Waals surface area contributed by atoms with E-state index in [4.69, 9.17) is 19.4 Å². The summed E-state index contributed by atoms with van der Waals surface area (Å²) in [5, 5.41) is 9.15. The Morgan fingerprint density at radius 1 is 0.347 bits per heavy atom. The second-order valence-electron chi connectivity index (χ2n) is 12.4. The molecule has 0 fully saturated rings. The molecule has 2 aromatic heterocycles. The zero-order chi connectivity index (χ0) is 32.3. The van der Waals surface area contributed by atoms with E-state index in [0.29, 0.717) is 17.5 Å². The van der Waals surface area contributed by atoms with Gasteiger partial charge in [-0.05, 0) is 56.3 Å². The summed E-state index contributed by atoms with van der Waals surface area (Å²) in [5.74, 6) is 1.89. The quantitative estimate of drug-likeness (QED) is 0.183. The Bertz CT molecular complexity index is 2890. The van der Waals surface area contributed by atoms with Crippen LogP contribution in [0.3, 0.4) is 0 Å². The number of aromatic nitrogens is 3. The van der Waals surface area contributed by atoms with Crippen molar-refractivity contribution in [3.8, 4) is 45.3 Å². The minimum Gasteiger partial charge on any atom is -0.455 e. The van der Waals surface area contributed by atoms with Crippen LogP contribution in [0.5, 0.6) is 0 Å². The molecule has 10 aromatic rings. The van der Waals surface area contributed by atoms with Crippen LogP contribution in [-0.2, 0) is 0 Å². The van der Waals surface area contributed by atoms with Crippen molar-refractivity contribution in [1.82, 2.24) is 15.0 Å². The highest BCUT2D eigenvalue weighted by atomic mass is 16.3. The molecule has 0 radical (unpaired) electrons. The Balaban J connectivity index is 1.22. The number of fused-ring (bicyclic) bond motifs is 8. The number of nitrogens with zero attached hydrogens (tertiary/aromatic N) is 3. The largest absolute Gasteiger partial charge is 0.455 e. The summed E-state index contributed by atoms with van der Waals surface area (Å²) in [4.78, 5) is 15.3. The molecular weight excluding hydrogens is 599 g/mol. The van der Waals surface area contributed by atoms with E-state index in [1.54, 1.807) is 0 Å². The van der Waals surface area contributed by atoms with Crippen LogP contribution in [0, 0.1) is 0 Å². The van der Waals surface area contributed by atoms with E-state index in [1.807, 2.05) is 36.4 Å². The maximum Gasteiger partial charge on any atom is 0.164 e. The topological polar surface area (TPSA) is 51.8 Å². The van der Waals surface area contributed by atoms with Crippen LogP contribution < -0.4 is 0 Å². The van der Waals surface area contributed by atoms with Gasteiger partial charge in [0, 0.05) is 32.8 Å². The maximum absolute atomic E-state index is 6.73. The lowest BCUT2D eigenvalue weighted by Gasteiger charge is -2.13. The molecule has 0 amide bonds. The second-order valence-corrected chi connectivity index (χ2v) is 12.4. The Kier molecular flexibility index (Phi) is 6.15. The van der Waals surface area contributed by atoms with E-state index in [1.165, 1.54) is 16.2 Å². The molecule has 0 aliphatic heterocycles. The molecule has 4 nitrogen and oxygen atoms in total. The second kappa shape index (κ2) is 11.0. The van der Waals surface area contributed by atoms with Gasteiger partial charge >= 0.3 is 0 Å². The van der Waals surface area contributed by atoms with Gasteiger partial charge in [-0.15, -0.1) is 0 Å². The first-order chi connectivity index (χ1) is 24.3. The molecule has 2 heterocycles. The first-order valence-electron chi connectivity index (χ1n) is 16.4. The molecule has 0 unspecified atom stereocenters. The lowest BCUT2D eigenvalue weighted by atomic mass is 9.93. The van der Waals surface area contributed by atoms with E-state index >= 15 is 0 Å². The molecule has 49 heavy (non-hydrogen) atoms. The molecule has 0 aliphatic carbocycles. The highest BCUT2D eigenvalue weighted by molar-refractivity contribution is 6.25. The molecule has 8 aromatic carbocycles. The van der Waals surface area contributed by atoms with E-state index in [-0.39, 0.29) is 0 Å². The first-order valence-corrected chi connectivity index (χ1v) is 16.4. The van der Waals surface area contributed by atoms with E-state index in [9.17, 15) is 0 Å². The normalized spacial score (nSPS) is 11.7. The van der Waals surface area contributed by atoms with Gasteiger partial charge in [-0.1, -0.05) is 146 Å². The minimum atomic E-state index is 0.619. The summed E-state index contributed by atoms with van der Waals surface area (Å²) in [5.41, 5.74) is 6.66. The summed E-state index contributed by atoms with van der Waals surface area (Å²) < 4.78 is 6.73. The van der Waals surface area contributed by atoms with Crippen LogP contribution in [0.1, 0.15) is 0 Å². The Morgan fingerprint density at radius 2 is 0.980 bits per heavy atom. The zero-order valence-electron chi connectivity index (χ0n) is 26.3. The SMILES string of the molecule is c1ccc(-c2nc(-c3ccc4ccccc4c3)nc(-c3ccccc3-c3cccc4oc5c(ccc6ccc7ccccc7c65)c34)n2)cc1. The summed E-state index contributed by atoms with van der Waals surface area (Å²) in [6.45, 7) is 0. The van der Waals surface area contributed by atoms with Gasteiger partial charge in [-0.3, -0.25) is 0 Å². The van der Waals surface area contributed by atoms with E-state index in [0.717, 1.165) is 65.9 Å². The molecule has 228 valence electrons. The molecule has 4 heteroatoms. The molecule has 0 aliphatic rings. The monoisotopic (exact) mass is 625 g/mol. The van der Waals surface area contributed by atoms with E-state index < -0.39 is 0 Å². The van der Waals surface area contributed by atoms with Crippen LogP contribution >= 0.6 is 0 Å². The van der Waals surface area contributed by atoms with Gasteiger partial charge < -0.3 is 4.42 Å². The molecule has 0 bridgehead atoms. The fraction of sp³-hybridized carbons (Fsp3) is 0. The average molecular weight is 626 g/mol. The van der Waals surface area contributed by atoms with Crippen LogP contribution in [0.15, 0.2) is 168 Å². The van der Waals surface area contributed by atoms with Gasteiger partial charge in [0.2, 0.25) is 0 Å². The number of furan rings is 1. The molecule has 0 N–H and O–H groups in total. The third-order valence-corrected chi connectivity index (χ3v) is 9.50. The standard InChI is InChI=1S/C45H27N3O/c1-2-13-31(14-3-1)43-46-44(33-24-21-28-11-4-5-15-32(28)27-33)48-45(47-43)37-18-9-8-17-35(37)36-19-10-20-39-41(36)38-26-25-30-23-22-29-12-6-7-16-34(29)40(30)42(38)49-39/h1-27H. The predicted molar refractivity (Wildman–Crippen MR) is 201 cm³/mol. The van der Waals surface area contributed by atoms with Crippen molar-refractivity contribution in [2.75, 3.05) is 0 Å². The third-order valence-electron chi connectivity index (χ3n) is 9.50. The lowest BCUT2D eigenvalue weighted by molar-refractivity contribution is 0.673. The van der Waals surface area contributed by atoms with Gasteiger partial charge in [-0.25, -0.2) is 15.0 Å². The van der Waals surface area contributed by atoms with Crippen molar-refractivity contribution in [2.45, 2.75) is 0 Å². The third kappa shape index (κ3) is 4.49. The van der Waals surface area contributed by atoms with Crippen molar-refractivity contribution in [2.24, 2.45) is 0 Å². The molecule has 0 atom stereocenters. The van der Waals surface area contributed by atoms with Gasteiger partial charge in [0.25, 0.3) is 0 Å². The van der Waals surface area contributed by atoms with Gasteiger partial charge in [0.15, 0.2) is 17.5 Å². The highest BCUT2D eigenvalue weighted by Crippen LogP contribution is 2.43. The summed E-state index contributed by atoms with van der Waals surface area (Å²) in [7, 11) is 0. The maximum atomic E-state index is 6.73. The number of hydrogen-bond acceptors (Lipinski definition) is 4. The van der Waals surface area contributed by atoms with Crippen LogP contribution in [0.4, 0.5) is 0 Å². The fourth-order valence-corrected chi connectivity index (χ4v) is 7.18. The fourth-order valence-electron chi connectivity index (χ4n) is 7.18. The number of hydrogen-bond donors (Lipinski definition) is 0. The Hall–Kier alpha value is -6.65. The Labute approximate surface area is 282 Å². The molecule has 0 saturated heterocycles. The van der Waals surface area contributed by atoms with Crippen LogP contribution in [0.25, 0.3) is 99.5 Å². The molecular formula is C45H27N3O. The van der Waals surface area contributed by atoms with Crippen molar-refractivity contribution >= 4 is 54.3 Å². The van der Waals surface area contributed by atoms with E-state index in [2.05, 4.69) is 127 Å². The predicted octanol–water partition coefficient (Wildman–Crippen LogP) is 11.9. The van der Waals surface area contributed by atoms with Crippen molar-refractivity contribution in [1.29, 1.82) is 0 Å². The van der Waals surface area contributed by atoms with Gasteiger partial charge in [0.05, 0.1) is 0 Å². The zero-order valence-corrected chi connectivity index (χ0v) is 26.3.